The first kappa shape index (κ1) is 20.3. The lowest BCUT2D eigenvalue weighted by molar-refractivity contribution is -0.119. The van der Waals surface area contributed by atoms with Gasteiger partial charge in [0.1, 0.15) is 5.82 Å². The fourth-order valence-corrected chi connectivity index (χ4v) is 4.93. The largest absolute Gasteiger partial charge is 0.329 e. The number of nitrogens with one attached hydrogen (secondary N) is 1. The molecule has 0 fully saturated rings. The SMILES string of the molecule is Cc1cccnc1NC(=O)[C@@H]1c2ccccc2C(=O)N(CC(C)C)[C@H]1c1cccs1. The number of aromatic nitrogens is 1. The molecule has 30 heavy (non-hydrogen) atoms. The van der Waals surface area contributed by atoms with E-state index < -0.39 is 5.92 Å². The Morgan fingerprint density at radius 2 is 1.97 bits per heavy atom. The zero-order valence-electron chi connectivity index (χ0n) is 17.3. The Morgan fingerprint density at radius 3 is 2.67 bits per heavy atom. The maximum atomic E-state index is 13.6. The number of anilines is 1. The molecule has 1 N–H and O–H groups in total. The monoisotopic (exact) mass is 419 g/mol. The van der Waals surface area contributed by atoms with Crippen molar-refractivity contribution in [2.45, 2.75) is 32.7 Å². The third kappa shape index (κ3) is 3.75. The molecule has 154 valence electrons. The number of hydrogen-bond donors (Lipinski definition) is 1. The van der Waals surface area contributed by atoms with Crippen molar-refractivity contribution in [3.05, 3.63) is 81.7 Å². The Bertz CT molecular complexity index is 1060. The quantitative estimate of drug-likeness (QED) is 0.631. The Labute approximate surface area is 180 Å². The van der Waals surface area contributed by atoms with Gasteiger partial charge in [0.25, 0.3) is 5.91 Å². The van der Waals surface area contributed by atoms with E-state index in [0.717, 1.165) is 16.0 Å². The van der Waals surface area contributed by atoms with Crippen molar-refractivity contribution in [1.82, 2.24) is 9.88 Å². The van der Waals surface area contributed by atoms with E-state index in [1.807, 2.05) is 65.7 Å². The minimum Gasteiger partial charge on any atom is -0.329 e. The van der Waals surface area contributed by atoms with E-state index >= 15 is 0 Å². The van der Waals surface area contributed by atoms with Crippen molar-refractivity contribution in [2.75, 3.05) is 11.9 Å². The molecular formula is C24H25N3O2S. The lowest BCUT2D eigenvalue weighted by Crippen LogP contribution is -2.47. The van der Waals surface area contributed by atoms with Gasteiger partial charge < -0.3 is 10.2 Å². The summed E-state index contributed by atoms with van der Waals surface area (Å²) in [6.07, 6.45) is 1.67. The second-order valence-corrected chi connectivity index (χ2v) is 9.01. The molecule has 0 bridgehead atoms. The van der Waals surface area contributed by atoms with Crippen molar-refractivity contribution in [1.29, 1.82) is 0 Å². The molecule has 3 heterocycles. The minimum absolute atomic E-state index is 0.0178. The maximum Gasteiger partial charge on any atom is 0.254 e. The van der Waals surface area contributed by atoms with Crippen LogP contribution in [0.5, 0.6) is 0 Å². The Kier molecular flexibility index (Phi) is 5.68. The fourth-order valence-electron chi connectivity index (χ4n) is 4.06. The third-order valence-corrected chi connectivity index (χ3v) is 6.31. The molecule has 0 spiro atoms. The van der Waals surface area contributed by atoms with Gasteiger partial charge in [0, 0.05) is 23.2 Å². The van der Waals surface area contributed by atoms with Gasteiger partial charge in [-0.05, 0) is 47.5 Å². The second kappa shape index (κ2) is 8.40. The van der Waals surface area contributed by atoms with Crippen LogP contribution in [0.1, 0.15) is 52.2 Å². The molecule has 6 heteroatoms. The molecule has 4 rings (SSSR count). The molecule has 0 saturated carbocycles. The van der Waals surface area contributed by atoms with Crippen LogP contribution in [0.3, 0.4) is 0 Å². The van der Waals surface area contributed by atoms with Crippen LogP contribution in [0.25, 0.3) is 0 Å². The molecule has 2 aromatic heterocycles. The number of hydrogen-bond acceptors (Lipinski definition) is 4. The highest BCUT2D eigenvalue weighted by Crippen LogP contribution is 2.44. The van der Waals surface area contributed by atoms with Crippen molar-refractivity contribution < 1.29 is 9.59 Å². The molecule has 0 saturated heterocycles. The van der Waals surface area contributed by atoms with E-state index in [1.54, 1.807) is 17.5 Å². The number of thiophene rings is 1. The van der Waals surface area contributed by atoms with Gasteiger partial charge >= 0.3 is 0 Å². The molecule has 1 aliphatic heterocycles. The highest BCUT2D eigenvalue weighted by molar-refractivity contribution is 7.10. The average molecular weight is 420 g/mol. The molecule has 3 aromatic rings. The number of fused-ring (bicyclic) bond motifs is 1. The summed E-state index contributed by atoms with van der Waals surface area (Å²) in [4.78, 5) is 34.3. The summed E-state index contributed by atoms with van der Waals surface area (Å²) in [5, 5.41) is 5.01. The highest BCUT2D eigenvalue weighted by atomic mass is 32.1. The van der Waals surface area contributed by atoms with Gasteiger partial charge in [0.05, 0.1) is 12.0 Å². The predicted octanol–water partition coefficient (Wildman–Crippen LogP) is 5.03. The van der Waals surface area contributed by atoms with Crippen LogP contribution in [-0.2, 0) is 4.79 Å². The zero-order chi connectivity index (χ0) is 21.3. The number of pyridine rings is 1. The second-order valence-electron chi connectivity index (χ2n) is 8.03. The van der Waals surface area contributed by atoms with Crippen molar-refractivity contribution in [2.24, 2.45) is 5.92 Å². The molecule has 0 aliphatic carbocycles. The van der Waals surface area contributed by atoms with E-state index in [-0.39, 0.29) is 23.8 Å². The summed E-state index contributed by atoms with van der Waals surface area (Å²) in [6, 6.07) is 14.9. The minimum atomic E-state index is -0.516. The summed E-state index contributed by atoms with van der Waals surface area (Å²) < 4.78 is 0. The Balaban J connectivity index is 1.83. The van der Waals surface area contributed by atoms with Gasteiger partial charge in [-0.15, -0.1) is 11.3 Å². The van der Waals surface area contributed by atoms with Crippen LogP contribution in [-0.4, -0.2) is 28.2 Å². The molecular weight excluding hydrogens is 394 g/mol. The lowest BCUT2D eigenvalue weighted by atomic mass is 9.81. The molecule has 1 aromatic carbocycles. The van der Waals surface area contributed by atoms with Crippen molar-refractivity contribution >= 4 is 29.0 Å². The summed E-state index contributed by atoms with van der Waals surface area (Å²) >= 11 is 1.58. The van der Waals surface area contributed by atoms with E-state index in [2.05, 4.69) is 24.1 Å². The summed E-state index contributed by atoms with van der Waals surface area (Å²) in [5.74, 6) is 0.151. The van der Waals surface area contributed by atoms with Gasteiger partial charge in [0.15, 0.2) is 0 Å². The first-order valence-electron chi connectivity index (χ1n) is 10.1. The summed E-state index contributed by atoms with van der Waals surface area (Å²) in [5.41, 5.74) is 2.27. The third-order valence-electron chi connectivity index (χ3n) is 5.37. The van der Waals surface area contributed by atoms with Crippen LogP contribution in [0.2, 0.25) is 0 Å². The standard InChI is InChI=1S/C24H25N3O2S/c1-15(2)14-27-21(19-11-7-13-30-19)20(17-9-4-5-10-18(17)24(27)29)23(28)26-22-16(3)8-6-12-25-22/h4-13,15,20-21H,14H2,1-3H3,(H,25,26,28)/t20-,21+/m1/s1. The van der Waals surface area contributed by atoms with Crippen molar-refractivity contribution in [3.8, 4) is 0 Å². The summed E-state index contributed by atoms with van der Waals surface area (Å²) in [6.45, 7) is 6.68. The van der Waals surface area contributed by atoms with Gasteiger partial charge in [0.2, 0.25) is 5.91 Å². The van der Waals surface area contributed by atoms with Gasteiger partial charge in [-0.25, -0.2) is 4.98 Å². The molecule has 1 aliphatic rings. The molecule has 2 amide bonds. The number of benzene rings is 1. The fraction of sp³-hybridized carbons (Fsp3) is 0.292. The highest BCUT2D eigenvalue weighted by Gasteiger charge is 2.44. The first-order valence-corrected chi connectivity index (χ1v) is 11.0. The molecule has 0 radical (unpaired) electrons. The number of carbonyl (C=O) groups is 2. The maximum absolute atomic E-state index is 13.6. The van der Waals surface area contributed by atoms with Gasteiger partial charge in [-0.3, -0.25) is 9.59 Å². The van der Waals surface area contributed by atoms with Gasteiger partial charge in [-0.2, -0.15) is 0 Å². The number of carbonyl (C=O) groups excluding carboxylic acids is 2. The van der Waals surface area contributed by atoms with E-state index in [1.165, 1.54) is 0 Å². The normalized spacial score (nSPS) is 18.4. The predicted molar refractivity (Wildman–Crippen MR) is 120 cm³/mol. The number of rotatable bonds is 5. The van der Waals surface area contributed by atoms with Gasteiger partial charge in [-0.1, -0.05) is 44.2 Å². The smallest absolute Gasteiger partial charge is 0.254 e. The van der Waals surface area contributed by atoms with E-state index in [0.29, 0.717) is 17.9 Å². The number of amides is 2. The molecule has 0 unspecified atom stereocenters. The Hall–Kier alpha value is -2.99. The first-order chi connectivity index (χ1) is 14.5. The molecule has 2 atom stereocenters. The van der Waals surface area contributed by atoms with E-state index in [4.69, 9.17) is 0 Å². The van der Waals surface area contributed by atoms with Crippen LogP contribution >= 0.6 is 11.3 Å². The van der Waals surface area contributed by atoms with E-state index in [9.17, 15) is 9.59 Å². The number of nitrogens with zero attached hydrogens (tertiary/aromatic N) is 2. The van der Waals surface area contributed by atoms with Crippen molar-refractivity contribution in [3.63, 3.8) is 0 Å². The van der Waals surface area contributed by atoms with Crippen LogP contribution in [0.15, 0.2) is 60.1 Å². The van der Waals surface area contributed by atoms with Crippen LogP contribution < -0.4 is 5.32 Å². The van der Waals surface area contributed by atoms with Crippen LogP contribution in [0.4, 0.5) is 5.82 Å². The lowest BCUT2D eigenvalue weighted by Gasteiger charge is -2.42. The average Bonchev–Trinajstić information content (AvgIpc) is 3.25. The topological polar surface area (TPSA) is 62.3 Å². The van der Waals surface area contributed by atoms with Crippen LogP contribution in [0, 0.1) is 12.8 Å². The summed E-state index contributed by atoms with van der Waals surface area (Å²) in [7, 11) is 0. The Morgan fingerprint density at radius 1 is 1.17 bits per heavy atom. The molecule has 5 nitrogen and oxygen atoms in total. The number of aryl methyl sites for hydroxylation is 1. The zero-order valence-corrected chi connectivity index (χ0v) is 18.1.